The maximum atomic E-state index is 14.2. The molecule has 20 heavy (non-hydrogen) atoms. The first kappa shape index (κ1) is 14.7. The van der Waals surface area contributed by atoms with E-state index in [4.69, 9.17) is 5.11 Å². The van der Waals surface area contributed by atoms with Crippen molar-refractivity contribution in [1.82, 2.24) is 0 Å². The van der Waals surface area contributed by atoms with Crippen LogP contribution in [0.15, 0.2) is 24.3 Å². The molecule has 0 aliphatic heterocycles. The Hall–Kier alpha value is -1.72. The van der Waals surface area contributed by atoms with Crippen LogP contribution >= 0.6 is 11.3 Å². The van der Waals surface area contributed by atoms with Gasteiger partial charge in [0, 0.05) is 10.4 Å². The molecule has 0 unspecified atom stereocenters. The van der Waals surface area contributed by atoms with Crippen LogP contribution in [0.1, 0.15) is 34.6 Å². The molecule has 1 aromatic heterocycles. The molecule has 0 amide bonds. The average Bonchev–Trinajstić information content (AvgIpc) is 2.70. The zero-order chi connectivity index (χ0) is 15.1. The lowest BCUT2D eigenvalue weighted by Gasteiger charge is -2.18. The van der Waals surface area contributed by atoms with E-state index in [-0.39, 0.29) is 11.1 Å². The van der Waals surface area contributed by atoms with Crippen LogP contribution in [0.3, 0.4) is 0 Å². The highest BCUT2D eigenvalue weighted by Gasteiger charge is 2.21. The van der Waals surface area contributed by atoms with E-state index in [1.54, 1.807) is 26.8 Å². The molecule has 0 aliphatic carbocycles. The second-order valence-electron chi connectivity index (χ2n) is 5.16. The van der Waals surface area contributed by atoms with Gasteiger partial charge in [-0.15, -0.1) is 11.3 Å². The van der Waals surface area contributed by atoms with Crippen molar-refractivity contribution in [2.45, 2.75) is 26.4 Å². The fourth-order valence-corrected chi connectivity index (χ4v) is 2.98. The predicted molar refractivity (Wildman–Crippen MR) is 76.7 cm³/mol. The summed E-state index contributed by atoms with van der Waals surface area (Å²) in [5.74, 6) is -1.61. The molecule has 2 aromatic rings. The number of aryl methyl sites for hydroxylation is 1. The molecular weight excluding hydrogens is 279 g/mol. The normalized spacial score (nSPS) is 11.7. The Morgan fingerprint density at radius 1 is 1.30 bits per heavy atom. The highest BCUT2D eigenvalue weighted by molar-refractivity contribution is 7.15. The van der Waals surface area contributed by atoms with Crippen LogP contribution < -0.4 is 0 Å². The third-order valence-electron chi connectivity index (χ3n) is 3.01. The lowest BCUT2D eigenvalue weighted by atomic mass is 9.96. The van der Waals surface area contributed by atoms with Crippen LogP contribution in [0.4, 0.5) is 4.39 Å². The van der Waals surface area contributed by atoms with E-state index in [1.807, 2.05) is 0 Å². The number of benzene rings is 1. The molecule has 1 heterocycles. The molecule has 2 rings (SSSR count). The number of halogens is 1. The lowest BCUT2D eigenvalue weighted by Crippen LogP contribution is -2.15. The Bertz CT molecular complexity index is 668. The van der Waals surface area contributed by atoms with E-state index in [9.17, 15) is 14.3 Å². The fourth-order valence-electron chi connectivity index (χ4n) is 1.95. The monoisotopic (exact) mass is 294 g/mol. The molecule has 2 N–H and O–H groups in total. The molecule has 0 spiro atoms. The zero-order valence-electron chi connectivity index (χ0n) is 11.4. The van der Waals surface area contributed by atoms with Gasteiger partial charge in [0.05, 0.1) is 16.0 Å². The Morgan fingerprint density at radius 3 is 2.45 bits per heavy atom. The smallest absolute Gasteiger partial charge is 0.337 e. The van der Waals surface area contributed by atoms with Gasteiger partial charge in [-0.05, 0) is 38.5 Å². The summed E-state index contributed by atoms with van der Waals surface area (Å²) in [6.45, 7) is 4.92. The van der Waals surface area contributed by atoms with Crippen molar-refractivity contribution in [3.05, 3.63) is 46.1 Å². The van der Waals surface area contributed by atoms with Gasteiger partial charge in [0.15, 0.2) is 0 Å². The number of hydrogen-bond donors (Lipinski definition) is 2. The van der Waals surface area contributed by atoms with E-state index in [2.05, 4.69) is 0 Å². The number of rotatable bonds is 3. The largest absolute Gasteiger partial charge is 0.478 e. The third-order valence-corrected chi connectivity index (χ3v) is 4.09. The van der Waals surface area contributed by atoms with Crippen LogP contribution in [0, 0.1) is 12.7 Å². The van der Waals surface area contributed by atoms with Gasteiger partial charge < -0.3 is 10.2 Å². The molecule has 3 nitrogen and oxygen atoms in total. The van der Waals surface area contributed by atoms with Gasteiger partial charge in [0.25, 0.3) is 0 Å². The van der Waals surface area contributed by atoms with E-state index in [1.165, 1.54) is 29.5 Å². The van der Waals surface area contributed by atoms with Gasteiger partial charge in [-0.25, -0.2) is 9.18 Å². The zero-order valence-corrected chi connectivity index (χ0v) is 12.2. The quantitative estimate of drug-likeness (QED) is 0.905. The SMILES string of the molecule is Cc1cc(C(=O)O)c(-c2ccc(C(C)(C)O)cc2F)s1. The van der Waals surface area contributed by atoms with Gasteiger partial charge in [-0.3, -0.25) is 0 Å². The summed E-state index contributed by atoms with van der Waals surface area (Å²) in [6.07, 6.45) is 0. The number of aliphatic hydroxyl groups is 1. The summed E-state index contributed by atoms with van der Waals surface area (Å²) in [5, 5.41) is 19.0. The van der Waals surface area contributed by atoms with Crippen LogP contribution in [-0.4, -0.2) is 16.2 Å². The molecular formula is C15H15FO3S. The van der Waals surface area contributed by atoms with Crippen molar-refractivity contribution in [3.8, 4) is 10.4 Å². The van der Waals surface area contributed by atoms with E-state index < -0.39 is 17.4 Å². The highest BCUT2D eigenvalue weighted by Crippen LogP contribution is 2.35. The maximum Gasteiger partial charge on any atom is 0.337 e. The molecule has 0 radical (unpaired) electrons. The summed E-state index contributed by atoms with van der Waals surface area (Å²) >= 11 is 1.24. The summed E-state index contributed by atoms with van der Waals surface area (Å²) < 4.78 is 14.2. The summed E-state index contributed by atoms with van der Waals surface area (Å²) in [7, 11) is 0. The molecule has 0 aliphatic rings. The van der Waals surface area contributed by atoms with Gasteiger partial charge in [0.1, 0.15) is 5.82 Å². The van der Waals surface area contributed by atoms with Gasteiger partial charge >= 0.3 is 5.97 Å². The maximum absolute atomic E-state index is 14.2. The number of hydrogen-bond acceptors (Lipinski definition) is 3. The minimum absolute atomic E-state index is 0.0995. The second kappa shape index (κ2) is 5.00. The number of aromatic carboxylic acids is 1. The molecule has 0 saturated carbocycles. The van der Waals surface area contributed by atoms with E-state index >= 15 is 0 Å². The molecule has 0 bridgehead atoms. The van der Waals surface area contributed by atoms with Crippen molar-refractivity contribution in [3.63, 3.8) is 0 Å². The van der Waals surface area contributed by atoms with Crippen molar-refractivity contribution < 1.29 is 19.4 Å². The number of carboxylic acids is 1. The van der Waals surface area contributed by atoms with E-state index in [0.29, 0.717) is 10.4 Å². The van der Waals surface area contributed by atoms with Gasteiger partial charge in [-0.2, -0.15) is 0 Å². The number of carboxylic acid groups (broad SMARTS) is 1. The Morgan fingerprint density at radius 2 is 1.95 bits per heavy atom. The van der Waals surface area contributed by atoms with E-state index in [0.717, 1.165) is 4.88 Å². The average molecular weight is 294 g/mol. The Balaban J connectivity index is 2.57. The van der Waals surface area contributed by atoms with Crippen molar-refractivity contribution in [1.29, 1.82) is 0 Å². The topological polar surface area (TPSA) is 57.5 Å². The Labute approximate surface area is 120 Å². The Kier molecular flexibility index (Phi) is 3.67. The first-order chi connectivity index (χ1) is 9.20. The predicted octanol–water partition coefficient (Wildman–Crippen LogP) is 3.79. The standard InChI is InChI=1S/C15H15FO3S/c1-8-6-11(14(17)18)13(20-8)10-5-4-9(7-12(10)16)15(2,3)19/h4-7,19H,1-3H3,(H,17,18). The van der Waals surface area contributed by atoms with Crippen LogP contribution in [0.25, 0.3) is 10.4 Å². The molecule has 1 aromatic carbocycles. The summed E-state index contributed by atoms with van der Waals surface area (Å²) in [5.41, 5.74) is -0.347. The van der Waals surface area contributed by atoms with Crippen molar-refractivity contribution in [2.75, 3.05) is 0 Å². The minimum Gasteiger partial charge on any atom is -0.478 e. The van der Waals surface area contributed by atoms with Gasteiger partial charge in [0.2, 0.25) is 0 Å². The number of carbonyl (C=O) groups is 1. The second-order valence-corrected chi connectivity index (χ2v) is 6.41. The third kappa shape index (κ3) is 2.73. The van der Waals surface area contributed by atoms with Crippen LogP contribution in [0.2, 0.25) is 0 Å². The van der Waals surface area contributed by atoms with Crippen LogP contribution in [-0.2, 0) is 5.60 Å². The van der Waals surface area contributed by atoms with Crippen molar-refractivity contribution in [2.24, 2.45) is 0 Å². The molecule has 0 saturated heterocycles. The molecule has 0 atom stereocenters. The molecule has 106 valence electrons. The first-order valence-electron chi connectivity index (χ1n) is 6.06. The highest BCUT2D eigenvalue weighted by atomic mass is 32.1. The first-order valence-corrected chi connectivity index (χ1v) is 6.88. The fraction of sp³-hybridized carbons (Fsp3) is 0.267. The summed E-state index contributed by atoms with van der Waals surface area (Å²) in [4.78, 5) is 12.4. The number of thiophene rings is 1. The minimum atomic E-state index is -1.14. The van der Waals surface area contributed by atoms with Crippen LogP contribution in [0.5, 0.6) is 0 Å². The van der Waals surface area contributed by atoms with Crippen molar-refractivity contribution >= 4 is 17.3 Å². The molecule has 5 heteroatoms. The summed E-state index contributed by atoms with van der Waals surface area (Å²) in [6, 6.07) is 5.90. The van der Waals surface area contributed by atoms with Gasteiger partial charge in [-0.1, -0.05) is 12.1 Å². The lowest BCUT2D eigenvalue weighted by molar-refractivity contribution is 0.0697. The molecule has 0 fully saturated rings.